The monoisotopic (exact) mass is 270 g/mol. The van der Waals surface area contributed by atoms with Gasteiger partial charge in [0.05, 0.1) is 31.3 Å². The molecular weight excluding hydrogens is 244 g/mol. The summed E-state index contributed by atoms with van der Waals surface area (Å²) in [5.41, 5.74) is 5.53. The van der Waals surface area contributed by atoms with Crippen LogP contribution in [-0.4, -0.2) is 54.9 Å². The van der Waals surface area contributed by atoms with Gasteiger partial charge in [-0.05, 0) is 31.6 Å². The van der Waals surface area contributed by atoms with Crippen molar-refractivity contribution in [3.05, 3.63) is 0 Å². The van der Waals surface area contributed by atoms with Crippen molar-refractivity contribution in [2.45, 2.75) is 38.6 Å². The third kappa shape index (κ3) is 2.93. The van der Waals surface area contributed by atoms with E-state index in [4.69, 9.17) is 10.5 Å². The minimum absolute atomic E-state index is 0.0389. The van der Waals surface area contributed by atoms with Crippen molar-refractivity contribution in [2.24, 2.45) is 17.1 Å². The van der Waals surface area contributed by atoms with Crippen molar-refractivity contribution in [1.29, 1.82) is 0 Å². The molecule has 110 valence electrons. The molecule has 1 atom stereocenters. The van der Waals surface area contributed by atoms with E-state index in [-0.39, 0.29) is 18.6 Å². The van der Waals surface area contributed by atoms with Gasteiger partial charge in [0.15, 0.2) is 0 Å². The first-order valence-electron chi connectivity index (χ1n) is 7.32. The fraction of sp³-hybridized carbons (Fsp3) is 0.929. The number of amides is 1. The van der Waals surface area contributed by atoms with Gasteiger partial charge in [0.1, 0.15) is 0 Å². The second kappa shape index (κ2) is 6.20. The third-order valence-electron chi connectivity index (χ3n) is 4.77. The molecule has 5 heteroatoms. The lowest BCUT2D eigenvalue weighted by Crippen LogP contribution is -2.57. The normalized spacial score (nSPS) is 36.3. The maximum absolute atomic E-state index is 12.9. The van der Waals surface area contributed by atoms with Crippen LogP contribution in [0.5, 0.6) is 0 Å². The van der Waals surface area contributed by atoms with Gasteiger partial charge in [0, 0.05) is 13.1 Å². The zero-order valence-electron chi connectivity index (χ0n) is 11.8. The van der Waals surface area contributed by atoms with Gasteiger partial charge in [-0.25, -0.2) is 0 Å². The Bertz CT molecular complexity index is 314. The van der Waals surface area contributed by atoms with Gasteiger partial charge in [-0.1, -0.05) is 6.92 Å². The van der Waals surface area contributed by atoms with Crippen molar-refractivity contribution in [3.63, 3.8) is 0 Å². The number of aliphatic hydroxyl groups excluding tert-OH is 1. The van der Waals surface area contributed by atoms with E-state index < -0.39 is 5.41 Å². The number of ether oxygens (including phenoxy) is 1. The lowest BCUT2D eigenvalue weighted by Gasteiger charge is -2.44. The molecule has 0 spiro atoms. The summed E-state index contributed by atoms with van der Waals surface area (Å²) in [5, 5.41) is 9.40. The molecule has 3 N–H and O–H groups in total. The molecule has 2 rings (SSSR count). The van der Waals surface area contributed by atoms with Gasteiger partial charge >= 0.3 is 0 Å². The van der Waals surface area contributed by atoms with Gasteiger partial charge in [-0.15, -0.1) is 0 Å². The number of nitrogens with zero attached hydrogens (tertiary/aromatic N) is 1. The summed E-state index contributed by atoms with van der Waals surface area (Å²) in [6.45, 7) is 4.16. The molecule has 1 aliphatic carbocycles. The molecule has 1 heterocycles. The number of morpholine rings is 1. The number of aliphatic hydroxyl groups is 1. The molecule has 1 amide bonds. The molecule has 0 aromatic carbocycles. The van der Waals surface area contributed by atoms with E-state index in [1.807, 2.05) is 0 Å². The second-order valence-corrected chi connectivity index (χ2v) is 6.08. The molecule has 0 radical (unpaired) electrons. The summed E-state index contributed by atoms with van der Waals surface area (Å²) in [6, 6.07) is -0.205. The summed E-state index contributed by atoms with van der Waals surface area (Å²) in [4.78, 5) is 14.7. The number of hydrogen-bond donors (Lipinski definition) is 2. The van der Waals surface area contributed by atoms with E-state index >= 15 is 0 Å². The highest BCUT2D eigenvalue weighted by Crippen LogP contribution is 2.40. The molecule has 0 bridgehead atoms. The Balaban J connectivity index is 2.11. The molecule has 2 fully saturated rings. The Morgan fingerprint density at radius 3 is 2.74 bits per heavy atom. The highest BCUT2D eigenvalue weighted by molar-refractivity contribution is 5.83. The van der Waals surface area contributed by atoms with Crippen LogP contribution in [0.1, 0.15) is 32.6 Å². The standard InChI is InChI=1S/C14H26N2O3/c1-11-2-4-14(10-15,5-3-11)13(18)16-6-7-19-9-12(16)8-17/h11-12,17H,2-10,15H2,1H3. The maximum Gasteiger partial charge on any atom is 0.230 e. The zero-order chi connectivity index (χ0) is 13.9. The summed E-state index contributed by atoms with van der Waals surface area (Å²) >= 11 is 0. The smallest absolute Gasteiger partial charge is 0.230 e. The van der Waals surface area contributed by atoms with Crippen molar-refractivity contribution in [2.75, 3.05) is 32.9 Å². The number of rotatable bonds is 3. The maximum atomic E-state index is 12.9. The van der Waals surface area contributed by atoms with Crippen LogP contribution >= 0.6 is 0 Å². The average molecular weight is 270 g/mol. The summed E-state index contributed by atoms with van der Waals surface area (Å²) in [5.74, 6) is 0.815. The van der Waals surface area contributed by atoms with E-state index in [0.717, 1.165) is 25.7 Å². The van der Waals surface area contributed by atoms with Crippen LogP contribution in [0, 0.1) is 11.3 Å². The highest BCUT2D eigenvalue weighted by atomic mass is 16.5. The number of carbonyl (C=O) groups excluding carboxylic acids is 1. The fourth-order valence-electron chi connectivity index (χ4n) is 3.20. The first kappa shape index (κ1) is 14.8. The van der Waals surface area contributed by atoms with E-state index in [1.54, 1.807) is 4.90 Å². The summed E-state index contributed by atoms with van der Waals surface area (Å²) < 4.78 is 5.34. The summed E-state index contributed by atoms with van der Waals surface area (Å²) in [7, 11) is 0. The van der Waals surface area contributed by atoms with E-state index in [2.05, 4.69) is 6.92 Å². The van der Waals surface area contributed by atoms with Crippen molar-refractivity contribution in [1.82, 2.24) is 4.90 Å². The van der Waals surface area contributed by atoms with Crippen LogP contribution in [0.2, 0.25) is 0 Å². The number of nitrogens with two attached hydrogens (primary N) is 1. The van der Waals surface area contributed by atoms with Crippen molar-refractivity contribution in [3.8, 4) is 0 Å². The van der Waals surface area contributed by atoms with Gasteiger partial charge in [0.2, 0.25) is 5.91 Å². The zero-order valence-corrected chi connectivity index (χ0v) is 11.8. The average Bonchev–Trinajstić information content (AvgIpc) is 2.47. The van der Waals surface area contributed by atoms with Gasteiger partial charge < -0.3 is 20.5 Å². The lowest BCUT2D eigenvalue weighted by atomic mass is 9.69. The highest BCUT2D eigenvalue weighted by Gasteiger charge is 2.44. The molecule has 1 aliphatic heterocycles. The van der Waals surface area contributed by atoms with Crippen LogP contribution < -0.4 is 5.73 Å². The van der Waals surface area contributed by atoms with Crippen molar-refractivity contribution >= 4 is 5.91 Å². The molecular formula is C14H26N2O3. The SMILES string of the molecule is CC1CCC(CN)(C(=O)N2CCOCC2CO)CC1. The molecule has 5 nitrogen and oxygen atoms in total. The topological polar surface area (TPSA) is 75.8 Å². The molecule has 0 aromatic rings. The predicted octanol–water partition coefficient (Wildman–Crippen LogP) is 0.361. The largest absolute Gasteiger partial charge is 0.394 e. The Morgan fingerprint density at radius 2 is 2.16 bits per heavy atom. The van der Waals surface area contributed by atoms with Gasteiger partial charge in [-0.2, -0.15) is 0 Å². The fourth-order valence-corrected chi connectivity index (χ4v) is 3.20. The molecule has 1 unspecified atom stereocenters. The predicted molar refractivity (Wildman–Crippen MR) is 72.5 cm³/mol. The van der Waals surface area contributed by atoms with E-state index in [0.29, 0.717) is 32.2 Å². The minimum atomic E-state index is -0.405. The Labute approximate surface area is 115 Å². The third-order valence-corrected chi connectivity index (χ3v) is 4.77. The van der Waals surface area contributed by atoms with E-state index in [9.17, 15) is 9.90 Å². The van der Waals surface area contributed by atoms with Crippen LogP contribution in [0.3, 0.4) is 0 Å². The van der Waals surface area contributed by atoms with Gasteiger partial charge in [-0.3, -0.25) is 4.79 Å². The van der Waals surface area contributed by atoms with Crippen LogP contribution in [0.15, 0.2) is 0 Å². The Kier molecular flexibility index (Phi) is 4.81. The molecule has 1 saturated heterocycles. The molecule has 19 heavy (non-hydrogen) atoms. The molecule has 1 saturated carbocycles. The number of hydrogen-bond acceptors (Lipinski definition) is 4. The lowest BCUT2D eigenvalue weighted by molar-refractivity contribution is -0.154. The molecule has 0 aromatic heterocycles. The Hall–Kier alpha value is -0.650. The second-order valence-electron chi connectivity index (χ2n) is 6.08. The minimum Gasteiger partial charge on any atom is -0.394 e. The van der Waals surface area contributed by atoms with Crippen LogP contribution in [0.4, 0.5) is 0 Å². The van der Waals surface area contributed by atoms with Gasteiger partial charge in [0.25, 0.3) is 0 Å². The quantitative estimate of drug-likeness (QED) is 0.776. The first-order chi connectivity index (χ1) is 9.13. The first-order valence-corrected chi connectivity index (χ1v) is 7.32. The van der Waals surface area contributed by atoms with Crippen molar-refractivity contribution < 1.29 is 14.6 Å². The van der Waals surface area contributed by atoms with E-state index in [1.165, 1.54) is 0 Å². The van der Waals surface area contributed by atoms with Crippen LogP contribution in [0.25, 0.3) is 0 Å². The van der Waals surface area contributed by atoms with Crippen LogP contribution in [-0.2, 0) is 9.53 Å². The molecule has 2 aliphatic rings. The number of carbonyl (C=O) groups is 1. The Morgan fingerprint density at radius 1 is 1.47 bits per heavy atom. The summed E-state index contributed by atoms with van der Waals surface area (Å²) in [6.07, 6.45) is 3.88.